The van der Waals surface area contributed by atoms with Gasteiger partial charge in [-0.3, -0.25) is 14.4 Å². The van der Waals surface area contributed by atoms with Crippen LogP contribution in [0.1, 0.15) is 59.8 Å². The van der Waals surface area contributed by atoms with Gasteiger partial charge in [0.1, 0.15) is 6.04 Å². The molecule has 3 saturated heterocycles. The summed E-state index contributed by atoms with van der Waals surface area (Å²) in [6.45, 7) is 13.1. The normalized spacial score (nSPS) is 33.2. The summed E-state index contributed by atoms with van der Waals surface area (Å²) in [5.41, 5.74) is 0. The van der Waals surface area contributed by atoms with Crippen LogP contribution in [-0.2, 0) is 19.1 Å². The zero-order valence-electron chi connectivity index (χ0n) is 20.5. The number of nitrogens with zero attached hydrogens (tertiary/aromatic N) is 2. The van der Waals surface area contributed by atoms with Crippen LogP contribution in [0.3, 0.4) is 0 Å². The van der Waals surface area contributed by atoms with E-state index in [4.69, 9.17) is 4.74 Å². The predicted octanol–water partition coefficient (Wildman–Crippen LogP) is 2.86. The van der Waals surface area contributed by atoms with Gasteiger partial charge in [0.2, 0.25) is 11.8 Å². The largest absolute Gasteiger partial charge is 0.466 e. The Balaban J connectivity index is 2.04. The van der Waals surface area contributed by atoms with Crippen LogP contribution >= 0.6 is 11.8 Å². The van der Waals surface area contributed by atoms with Gasteiger partial charge in [0.05, 0.1) is 23.2 Å². The van der Waals surface area contributed by atoms with E-state index in [0.29, 0.717) is 25.9 Å². The van der Waals surface area contributed by atoms with Crippen molar-refractivity contribution in [3.63, 3.8) is 0 Å². The molecule has 8 heteroatoms. The Labute approximate surface area is 202 Å². The molecule has 3 rings (SSSR count). The lowest BCUT2D eigenvalue weighted by Gasteiger charge is -2.41. The molecule has 1 N–H and O–H groups in total. The van der Waals surface area contributed by atoms with E-state index in [1.807, 2.05) is 4.90 Å². The molecule has 3 fully saturated rings. The lowest BCUT2D eigenvalue weighted by atomic mass is 9.66. The number of aliphatic hydroxyl groups excluding tert-OH is 1. The van der Waals surface area contributed by atoms with E-state index in [1.54, 1.807) is 29.7 Å². The number of hydrogen-bond acceptors (Lipinski definition) is 6. The van der Waals surface area contributed by atoms with Gasteiger partial charge in [0, 0.05) is 31.0 Å². The quantitative estimate of drug-likeness (QED) is 0.263. The predicted molar refractivity (Wildman–Crippen MR) is 130 cm³/mol. The number of amides is 2. The third-order valence-corrected chi connectivity index (χ3v) is 9.77. The molecule has 2 bridgehead atoms. The zero-order valence-corrected chi connectivity index (χ0v) is 21.3. The maximum Gasteiger partial charge on any atom is 0.310 e. The lowest BCUT2D eigenvalue weighted by Crippen LogP contribution is -2.58. The molecule has 0 aliphatic carbocycles. The molecule has 3 aliphatic heterocycles. The number of ether oxygens (including phenoxy) is 1. The van der Waals surface area contributed by atoms with E-state index in [2.05, 4.69) is 27.4 Å². The number of rotatable bonds is 12. The van der Waals surface area contributed by atoms with Crippen LogP contribution in [0.15, 0.2) is 12.7 Å². The number of carbonyl (C=O) groups excluding carboxylic acids is 3. The van der Waals surface area contributed by atoms with Crippen molar-refractivity contribution in [2.75, 3.05) is 26.3 Å². The van der Waals surface area contributed by atoms with Gasteiger partial charge in [-0.25, -0.2) is 0 Å². The topological polar surface area (TPSA) is 87.2 Å². The van der Waals surface area contributed by atoms with Crippen molar-refractivity contribution in [1.29, 1.82) is 0 Å². The molecular weight excluding hydrogens is 440 g/mol. The second kappa shape index (κ2) is 10.8. The zero-order chi connectivity index (χ0) is 24.3. The van der Waals surface area contributed by atoms with Crippen LogP contribution in [0.5, 0.6) is 0 Å². The number of aliphatic hydroxyl groups is 1. The minimum Gasteiger partial charge on any atom is -0.466 e. The van der Waals surface area contributed by atoms with Gasteiger partial charge in [-0.1, -0.05) is 26.3 Å². The second-order valence-corrected chi connectivity index (χ2v) is 11.2. The molecule has 0 aromatic heterocycles. The van der Waals surface area contributed by atoms with E-state index in [-0.39, 0.29) is 48.2 Å². The van der Waals surface area contributed by atoms with Gasteiger partial charge in [0.25, 0.3) is 0 Å². The molecule has 1 spiro atoms. The second-order valence-electron chi connectivity index (χ2n) is 9.68. The van der Waals surface area contributed by atoms with Gasteiger partial charge in [0.15, 0.2) is 0 Å². The van der Waals surface area contributed by atoms with Crippen molar-refractivity contribution < 1.29 is 24.2 Å². The number of hydrogen-bond donors (Lipinski definition) is 1. The van der Waals surface area contributed by atoms with Gasteiger partial charge in [-0.2, -0.15) is 0 Å². The highest BCUT2D eigenvalue weighted by Gasteiger charge is 2.76. The van der Waals surface area contributed by atoms with Crippen LogP contribution < -0.4 is 0 Å². The summed E-state index contributed by atoms with van der Waals surface area (Å²) >= 11 is 1.68. The third-order valence-electron chi connectivity index (χ3n) is 7.69. The molecule has 2 amide bonds. The SMILES string of the molecule is C=CCN(C(=O)C1N(CCCCO)C(=O)[C@@H]2[C@@H](C(=O)OCC)[C@H]3CC(C)C12S3)C(C)CCC. The molecular formula is C25H40N2O5S. The van der Waals surface area contributed by atoms with Crippen LogP contribution in [-0.4, -0.2) is 81.1 Å². The molecule has 0 saturated carbocycles. The Kier molecular flexibility index (Phi) is 8.54. The summed E-state index contributed by atoms with van der Waals surface area (Å²) in [5, 5.41) is 9.30. The number of esters is 1. The molecule has 7 atom stereocenters. The first-order chi connectivity index (χ1) is 15.8. The van der Waals surface area contributed by atoms with Gasteiger partial charge in [-0.15, -0.1) is 18.3 Å². The summed E-state index contributed by atoms with van der Waals surface area (Å²) in [6, 6.07) is -0.581. The van der Waals surface area contributed by atoms with Crippen LogP contribution in [0.2, 0.25) is 0 Å². The van der Waals surface area contributed by atoms with E-state index in [9.17, 15) is 19.5 Å². The molecule has 7 nitrogen and oxygen atoms in total. The maximum absolute atomic E-state index is 14.2. The van der Waals surface area contributed by atoms with Crippen molar-refractivity contribution in [1.82, 2.24) is 9.80 Å². The minimum atomic E-state index is -0.624. The smallest absolute Gasteiger partial charge is 0.310 e. The molecule has 4 unspecified atom stereocenters. The van der Waals surface area contributed by atoms with E-state index < -0.39 is 22.6 Å². The Bertz CT molecular complexity index is 761. The summed E-state index contributed by atoms with van der Waals surface area (Å²) in [6.07, 6.45) is 5.56. The Hall–Kier alpha value is -1.54. The average Bonchev–Trinajstić information content (AvgIpc) is 3.36. The number of fused-ring (bicyclic) bond motifs is 1. The van der Waals surface area contributed by atoms with Crippen molar-refractivity contribution in [2.24, 2.45) is 17.8 Å². The van der Waals surface area contributed by atoms with E-state index in [1.165, 1.54) is 0 Å². The maximum atomic E-state index is 14.2. The fourth-order valence-corrected chi connectivity index (χ4v) is 8.70. The fourth-order valence-electron chi connectivity index (χ4n) is 6.30. The van der Waals surface area contributed by atoms with Crippen molar-refractivity contribution in [2.45, 2.75) is 81.9 Å². The van der Waals surface area contributed by atoms with Crippen molar-refractivity contribution in [3.8, 4) is 0 Å². The molecule has 33 heavy (non-hydrogen) atoms. The van der Waals surface area contributed by atoms with E-state index >= 15 is 0 Å². The first kappa shape index (κ1) is 26.1. The highest BCUT2D eigenvalue weighted by atomic mass is 32.2. The highest BCUT2D eigenvalue weighted by molar-refractivity contribution is 8.02. The van der Waals surface area contributed by atoms with Crippen LogP contribution in [0.4, 0.5) is 0 Å². The standard InChI is InChI=1S/C25H40N2O5S/c1-6-11-17(5)26(12-7-2)23(30)21-25-16(4)15-18(33-25)19(24(31)32-8-3)20(25)22(29)27(21)13-9-10-14-28/h7,16-21,28H,2,6,8-15H2,1,3-5H3/t16?,17?,18-,19+,20+,21?,25?/m1/s1. The molecule has 0 radical (unpaired) electrons. The van der Waals surface area contributed by atoms with Crippen LogP contribution in [0, 0.1) is 17.8 Å². The Morgan fingerprint density at radius 2 is 2.12 bits per heavy atom. The van der Waals surface area contributed by atoms with Crippen molar-refractivity contribution in [3.05, 3.63) is 12.7 Å². The van der Waals surface area contributed by atoms with Crippen LogP contribution in [0.25, 0.3) is 0 Å². The molecule has 0 aromatic rings. The van der Waals surface area contributed by atoms with Gasteiger partial charge < -0.3 is 19.6 Å². The fraction of sp³-hybridized carbons (Fsp3) is 0.800. The number of likely N-dealkylation sites (tertiary alicyclic amines) is 1. The number of carbonyl (C=O) groups is 3. The van der Waals surface area contributed by atoms with Crippen molar-refractivity contribution >= 4 is 29.5 Å². The van der Waals surface area contributed by atoms with E-state index in [0.717, 1.165) is 19.3 Å². The molecule has 3 heterocycles. The monoisotopic (exact) mass is 480 g/mol. The summed E-state index contributed by atoms with van der Waals surface area (Å²) in [7, 11) is 0. The average molecular weight is 481 g/mol. The Morgan fingerprint density at radius 1 is 1.39 bits per heavy atom. The lowest BCUT2D eigenvalue weighted by molar-refractivity contribution is -0.154. The number of thioether (sulfide) groups is 1. The summed E-state index contributed by atoms with van der Waals surface area (Å²) in [4.78, 5) is 44.6. The van der Waals surface area contributed by atoms with Gasteiger partial charge in [-0.05, 0) is 45.4 Å². The third kappa shape index (κ3) is 4.33. The minimum absolute atomic E-state index is 0.00353. The summed E-state index contributed by atoms with van der Waals surface area (Å²) in [5.74, 6) is -1.36. The number of unbranched alkanes of at least 4 members (excludes halogenated alkanes) is 1. The Morgan fingerprint density at radius 3 is 2.73 bits per heavy atom. The first-order valence-corrected chi connectivity index (χ1v) is 13.3. The molecule has 3 aliphatic rings. The molecule has 186 valence electrons. The molecule has 0 aromatic carbocycles. The summed E-state index contributed by atoms with van der Waals surface area (Å²) < 4.78 is 4.76. The first-order valence-electron chi connectivity index (χ1n) is 12.5. The highest BCUT2D eigenvalue weighted by Crippen LogP contribution is 2.68. The van der Waals surface area contributed by atoms with Gasteiger partial charge >= 0.3 is 5.97 Å².